The molecule has 8 heteroatoms. The van der Waals surface area contributed by atoms with Gasteiger partial charge in [0.25, 0.3) is 0 Å². The van der Waals surface area contributed by atoms with Crippen molar-refractivity contribution in [3.63, 3.8) is 0 Å². The fraction of sp³-hybridized carbons (Fsp3) is 0.0833. The van der Waals surface area contributed by atoms with Crippen molar-refractivity contribution in [2.75, 3.05) is 0 Å². The second kappa shape index (κ2) is 5.56. The first-order valence-electron chi connectivity index (χ1n) is 5.64. The van der Waals surface area contributed by atoms with Crippen LogP contribution in [-0.4, -0.2) is 20.4 Å². The van der Waals surface area contributed by atoms with Crippen molar-refractivity contribution in [2.24, 2.45) is 0 Å². The summed E-state index contributed by atoms with van der Waals surface area (Å²) in [5.74, 6) is 0.0922. The Morgan fingerprint density at radius 1 is 1.20 bits per heavy atom. The summed E-state index contributed by atoms with van der Waals surface area (Å²) in [6, 6.07) is 9.52. The monoisotopic (exact) mass is 310 g/mol. The molecule has 102 valence electrons. The van der Waals surface area contributed by atoms with E-state index in [9.17, 15) is 4.39 Å². The standard InChI is InChI=1S/C12H8ClFN4OS/c13-11-6-5-10(20-11)7-19-18-12(15-16-17-18)8-1-3-9(14)4-2-8/h1-6H,7H2. The highest BCUT2D eigenvalue weighted by molar-refractivity contribution is 7.16. The van der Waals surface area contributed by atoms with E-state index in [1.807, 2.05) is 6.07 Å². The molecule has 5 nitrogen and oxygen atoms in total. The smallest absolute Gasteiger partial charge is 0.222 e. The minimum Gasteiger partial charge on any atom is -0.388 e. The molecular formula is C12H8ClFN4OS. The van der Waals surface area contributed by atoms with Crippen LogP contribution in [0.1, 0.15) is 4.88 Å². The molecule has 0 saturated heterocycles. The SMILES string of the molecule is Fc1ccc(-c2nnnn2OCc2ccc(Cl)s2)cc1. The Hall–Kier alpha value is -1.99. The van der Waals surface area contributed by atoms with Crippen LogP contribution >= 0.6 is 22.9 Å². The van der Waals surface area contributed by atoms with E-state index in [1.54, 1.807) is 18.2 Å². The van der Waals surface area contributed by atoms with E-state index in [1.165, 1.54) is 28.3 Å². The van der Waals surface area contributed by atoms with Gasteiger partial charge in [-0.2, -0.15) is 0 Å². The van der Waals surface area contributed by atoms with E-state index < -0.39 is 0 Å². The molecule has 2 aromatic heterocycles. The van der Waals surface area contributed by atoms with Crippen molar-refractivity contribution in [1.29, 1.82) is 0 Å². The molecule has 3 aromatic rings. The first-order valence-corrected chi connectivity index (χ1v) is 6.83. The summed E-state index contributed by atoms with van der Waals surface area (Å²) in [4.78, 5) is 7.66. The van der Waals surface area contributed by atoms with Gasteiger partial charge in [-0.25, -0.2) is 4.39 Å². The van der Waals surface area contributed by atoms with Gasteiger partial charge in [0.05, 0.1) is 4.34 Å². The number of benzene rings is 1. The molecule has 0 fully saturated rings. The van der Waals surface area contributed by atoms with E-state index in [4.69, 9.17) is 16.4 Å². The molecule has 0 radical (unpaired) electrons. The van der Waals surface area contributed by atoms with Crippen LogP contribution in [0.25, 0.3) is 11.4 Å². The highest BCUT2D eigenvalue weighted by Crippen LogP contribution is 2.22. The zero-order valence-corrected chi connectivity index (χ0v) is 11.6. The Labute approximate surface area is 122 Å². The molecule has 0 unspecified atom stereocenters. The van der Waals surface area contributed by atoms with Crippen LogP contribution in [-0.2, 0) is 6.61 Å². The van der Waals surface area contributed by atoms with Crippen molar-refractivity contribution in [3.8, 4) is 11.4 Å². The summed E-state index contributed by atoms with van der Waals surface area (Å²) in [5, 5.41) is 11.2. The maximum atomic E-state index is 12.9. The minimum atomic E-state index is -0.318. The largest absolute Gasteiger partial charge is 0.388 e. The number of hydrogen-bond donors (Lipinski definition) is 0. The summed E-state index contributed by atoms with van der Waals surface area (Å²) < 4.78 is 13.6. The third-order valence-corrected chi connectivity index (χ3v) is 3.71. The number of halogens is 2. The number of nitrogens with zero attached hydrogens (tertiary/aromatic N) is 4. The topological polar surface area (TPSA) is 52.8 Å². The molecule has 0 aliphatic carbocycles. The van der Waals surface area contributed by atoms with Gasteiger partial charge in [0, 0.05) is 10.4 Å². The third-order valence-electron chi connectivity index (χ3n) is 2.50. The van der Waals surface area contributed by atoms with Gasteiger partial charge in [-0.15, -0.1) is 16.4 Å². The average molecular weight is 311 g/mol. The summed E-state index contributed by atoms with van der Waals surface area (Å²) in [6.45, 7) is 0.302. The van der Waals surface area contributed by atoms with Gasteiger partial charge in [-0.3, -0.25) is 0 Å². The van der Waals surface area contributed by atoms with Crippen molar-refractivity contribution in [3.05, 3.63) is 51.4 Å². The fourth-order valence-corrected chi connectivity index (χ4v) is 2.58. The van der Waals surface area contributed by atoms with Crippen LogP contribution < -0.4 is 4.84 Å². The van der Waals surface area contributed by atoms with Gasteiger partial charge in [-0.05, 0) is 46.8 Å². The number of rotatable bonds is 4. The molecule has 0 bridgehead atoms. The molecular weight excluding hydrogens is 303 g/mol. The van der Waals surface area contributed by atoms with Gasteiger partial charge in [-0.1, -0.05) is 16.4 Å². The maximum absolute atomic E-state index is 12.9. The summed E-state index contributed by atoms with van der Waals surface area (Å²) in [6.07, 6.45) is 0. The Morgan fingerprint density at radius 2 is 2.00 bits per heavy atom. The van der Waals surface area contributed by atoms with Crippen LogP contribution in [0.2, 0.25) is 4.34 Å². The van der Waals surface area contributed by atoms with E-state index in [0.717, 1.165) is 4.88 Å². The highest BCUT2D eigenvalue weighted by atomic mass is 35.5. The Morgan fingerprint density at radius 3 is 2.70 bits per heavy atom. The lowest BCUT2D eigenvalue weighted by molar-refractivity contribution is 0.0711. The lowest BCUT2D eigenvalue weighted by Crippen LogP contribution is -2.13. The van der Waals surface area contributed by atoms with Gasteiger partial charge < -0.3 is 4.84 Å². The predicted molar refractivity (Wildman–Crippen MR) is 72.8 cm³/mol. The van der Waals surface area contributed by atoms with Crippen LogP contribution in [0.5, 0.6) is 0 Å². The molecule has 0 aliphatic rings. The van der Waals surface area contributed by atoms with Crippen molar-refractivity contribution < 1.29 is 9.23 Å². The predicted octanol–water partition coefficient (Wildman–Crippen LogP) is 2.82. The zero-order valence-electron chi connectivity index (χ0n) is 10.0. The zero-order chi connectivity index (χ0) is 13.9. The van der Waals surface area contributed by atoms with Gasteiger partial charge >= 0.3 is 0 Å². The lowest BCUT2D eigenvalue weighted by Gasteiger charge is -2.05. The van der Waals surface area contributed by atoms with Crippen LogP contribution in [0.15, 0.2) is 36.4 Å². The van der Waals surface area contributed by atoms with Gasteiger partial charge in [0.1, 0.15) is 5.82 Å². The highest BCUT2D eigenvalue weighted by Gasteiger charge is 2.10. The van der Waals surface area contributed by atoms with Crippen LogP contribution in [0, 0.1) is 5.82 Å². The summed E-state index contributed by atoms with van der Waals surface area (Å²) >= 11 is 7.27. The Bertz CT molecular complexity index is 712. The second-order valence-electron chi connectivity index (χ2n) is 3.86. The second-order valence-corrected chi connectivity index (χ2v) is 5.66. The summed E-state index contributed by atoms with van der Waals surface area (Å²) in [7, 11) is 0. The lowest BCUT2D eigenvalue weighted by atomic mass is 10.2. The van der Waals surface area contributed by atoms with Crippen LogP contribution in [0.4, 0.5) is 4.39 Å². The summed E-state index contributed by atoms with van der Waals surface area (Å²) in [5.41, 5.74) is 0.667. The molecule has 0 N–H and O–H groups in total. The molecule has 20 heavy (non-hydrogen) atoms. The number of thiophene rings is 1. The molecule has 0 aliphatic heterocycles. The number of aromatic nitrogens is 4. The van der Waals surface area contributed by atoms with Gasteiger partial charge in [0.2, 0.25) is 5.82 Å². The van der Waals surface area contributed by atoms with E-state index in [2.05, 4.69) is 15.5 Å². The molecule has 1 aromatic carbocycles. The molecule has 0 amide bonds. The van der Waals surface area contributed by atoms with Crippen molar-refractivity contribution in [2.45, 2.75) is 6.61 Å². The van der Waals surface area contributed by atoms with E-state index in [-0.39, 0.29) is 5.82 Å². The third kappa shape index (κ3) is 2.78. The minimum absolute atomic E-state index is 0.302. The molecule has 0 saturated carbocycles. The molecule has 3 rings (SSSR count). The van der Waals surface area contributed by atoms with Crippen molar-refractivity contribution >= 4 is 22.9 Å². The van der Waals surface area contributed by atoms with Crippen LogP contribution in [0.3, 0.4) is 0 Å². The first-order chi connectivity index (χ1) is 9.72. The van der Waals surface area contributed by atoms with Gasteiger partial charge in [0.15, 0.2) is 6.61 Å². The maximum Gasteiger partial charge on any atom is 0.222 e. The molecule has 0 spiro atoms. The Kier molecular flexibility index (Phi) is 3.62. The molecule has 2 heterocycles. The Balaban J connectivity index is 1.78. The normalized spacial score (nSPS) is 10.7. The molecule has 0 atom stereocenters. The quantitative estimate of drug-likeness (QED) is 0.743. The average Bonchev–Trinajstić information content (AvgIpc) is 3.06. The number of tetrazole rings is 1. The van der Waals surface area contributed by atoms with E-state index in [0.29, 0.717) is 22.3 Å². The first kappa shape index (κ1) is 13.0. The fourth-order valence-electron chi connectivity index (χ4n) is 1.59. The number of hydrogen-bond acceptors (Lipinski definition) is 5. The van der Waals surface area contributed by atoms with E-state index >= 15 is 0 Å². The van der Waals surface area contributed by atoms with Crippen molar-refractivity contribution in [1.82, 2.24) is 20.4 Å².